The van der Waals surface area contributed by atoms with E-state index in [0.29, 0.717) is 38.8 Å². The van der Waals surface area contributed by atoms with Gasteiger partial charge in [0.05, 0.1) is 42.9 Å². The van der Waals surface area contributed by atoms with Crippen molar-refractivity contribution in [3.8, 4) is 0 Å². The van der Waals surface area contributed by atoms with Gasteiger partial charge in [-0.25, -0.2) is 52.4 Å². The molecule has 0 aromatic heterocycles. The molecule has 14 nitrogen and oxygen atoms in total. The molecule has 16 heteroatoms. The molecule has 1 amide bonds. The number of carbonyl (C=O) groups is 1. The third kappa shape index (κ3) is 38.9. The second-order valence-electron chi connectivity index (χ2n) is 7.18. The number of nitrogens with one attached hydrogen (secondary N) is 1. The second-order valence-corrected chi connectivity index (χ2v) is 8.71. The number of unbranched alkanes of at least 4 members (excludes halogenated alkanes) is 3. The minimum Gasteiger partial charge on any atom is -0.748 e. The van der Waals surface area contributed by atoms with E-state index in [1.165, 1.54) is 24.3 Å². The molecular formula is C22H36KN5O9S. The first-order chi connectivity index (χ1) is 17.3. The standard InChI is InChI=1S/C13H21N3O7S.C8H12N2O2.CH4.K/c17-10-14-6-1-4-12(5-2-7-15-11-18)16-13(19)23-8-3-9-24(20,21)22;11-7-9-5-3-1-2-4-6-10-8-12;;/h12H,1-9H2,(H,16,19)(H,20,21,22);1-6H2;1H4;/q;;;+1/p-1. The third-order valence-electron chi connectivity index (χ3n) is 4.29. The van der Waals surface area contributed by atoms with Crippen molar-refractivity contribution in [2.75, 3.05) is 38.5 Å². The Hall–Kier alpha value is -1.66. The predicted molar refractivity (Wildman–Crippen MR) is 133 cm³/mol. The fourth-order valence-electron chi connectivity index (χ4n) is 2.65. The van der Waals surface area contributed by atoms with Crippen LogP contribution < -0.4 is 56.7 Å². The molecule has 38 heavy (non-hydrogen) atoms. The maximum atomic E-state index is 11.6. The number of amides is 1. The van der Waals surface area contributed by atoms with Crippen LogP contribution in [-0.4, -0.2) is 88.0 Å². The Kier molecular flexibility index (Phi) is 38.1. The van der Waals surface area contributed by atoms with Crippen LogP contribution in [-0.2, 0) is 34.0 Å². The molecular weight excluding hydrogens is 549 g/mol. The maximum Gasteiger partial charge on any atom is 1.00 e. The first-order valence-corrected chi connectivity index (χ1v) is 12.9. The average Bonchev–Trinajstić information content (AvgIpc) is 2.83. The van der Waals surface area contributed by atoms with Gasteiger partial charge in [-0.1, -0.05) is 20.3 Å². The smallest absolute Gasteiger partial charge is 0.748 e. The summed E-state index contributed by atoms with van der Waals surface area (Å²) in [6, 6.07) is -0.274. The number of aliphatic imine (C=N–C) groups is 4. The van der Waals surface area contributed by atoms with E-state index in [9.17, 15) is 36.9 Å². The molecule has 210 valence electrons. The maximum absolute atomic E-state index is 11.6. The van der Waals surface area contributed by atoms with Crippen molar-refractivity contribution in [3.05, 3.63) is 0 Å². The Morgan fingerprint density at radius 1 is 0.737 bits per heavy atom. The van der Waals surface area contributed by atoms with Gasteiger partial charge in [0.2, 0.25) is 24.3 Å². The van der Waals surface area contributed by atoms with E-state index in [1.807, 2.05) is 0 Å². The summed E-state index contributed by atoms with van der Waals surface area (Å²) in [7, 11) is -4.33. The summed E-state index contributed by atoms with van der Waals surface area (Å²) in [5.74, 6) is -0.600. The number of nitrogens with zero attached hydrogens (tertiary/aromatic N) is 4. The predicted octanol–water partition coefficient (Wildman–Crippen LogP) is -0.893. The Bertz CT molecular complexity index is 849. The van der Waals surface area contributed by atoms with Crippen molar-refractivity contribution in [1.29, 1.82) is 0 Å². The van der Waals surface area contributed by atoms with Gasteiger partial charge in [0.1, 0.15) is 0 Å². The van der Waals surface area contributed by atoms with Crippen LogP contribution in [0.1, 0.15) is 65.2 Å². The zero-order chi connectivity index (χ0) is 27.3. The van der Waals surface area contributed by atoms with Crippen LogP contribution in [0.2, 0.25) is 0 Å². The number of hydrogen-bond donors (Lipinski definition) is 1. The van der Waals surface area contributed by atoms with Gasteiger partial charge in [0.15, 0.2) is 0 Å². The Balaban J connectivity index is -0.000000351. The normalized spacial score (nSPS) is 10.0. The fraction of sp³-hybridized carbons (Fsp3) is 0.773. The van der Waals surface area contributed by atoms with Crippen LogP contribution in [0.5, 0.6) is 0 Å². The summed E-state index contributed by atoms with van der Waals surface area (Å²) in [6.07, 6.45) is 11.0. The zero-order valence-electron chi connectivity index (χ0n) is 21.1. The van der Waals surface area contributed by atoms with Crippen LogP contribution in [0.4, 0.5) is 4.79 Å². The van der Waals surface area contributed by atoms with Crippen molar-refractivity contribution in [2.45, 2.75) is 71.3 Å². The van der Waals surface area contributed by atoms with E-state index in [-0.39, 0.29) is 91.0 Å². The fourth-order valence-corrected chi connectivity index (χ4v) is 3.12. The van der Waals surface area contributed by atoms with Crippen molar-refractivity contribution >= 4 is 40.5 Å². The minimum absolute atomic E-state index is 0. The molecule has 0 atom stereocenters. The van der Waals surface area contributed by atoms with Crippen molar-refractivity contribution in [1.82, 2.24) is 5.32 Å². The number of carbonyl (C=O) groups excluding carboxylic acids is 5. The van der Waals surface area contributed by atoms with E-state index in [4.69, 9.17) is 4.74 Å². The van der Waals surface area contributed by atoms with Crippen LogP contribution in [0, 0.1) is 0 Å². The van der Waals surface area contributed by atoms with Crippen molar-refractivity contribution in [3.63, 3.8) is 0 Å². The Labute approximate surface area is 266 Å². The minimum atomic E-state index is -4.33. The van der Waals surface area contributed by atoms with E-state index in [0.717, 1.165) is 25.7 Å². The SMILES string of the molecule is C.O=C=NCCCC(CCCN=C=O)NC(=O)OCCCS(=O)(=O)[O-].O=C=NCCCCCCN=C=O.[K+]. The third-order valence-corrected chi connectivity index (χ3v) is 5.08. The van der Waals surface area contributed by atoms with Gasteiger partial charge < -0.3 is 14.6 Å². The van der Waals surface area contributed by atoms with Gasteiger partial charge in [-0.3, -0.25) is 0 Å². The van der Waals surface area contributed by atoms with Crippen molar-refractivity contribution in [2.24, 2.45) is 20.0 Å². The van der Waals surface area contributed by atoms with Gasteiger partial charge in [0, 0.05) is 11.8 Å². The van der Waals surface area contributed by atoms with Crippen LogP contribution in [0.25, 0.3) is 0 Å². The summed E-state index contributed by atoms with van der Waals surface area (Å²) < 4.78 is 36.0. The van der Waals surface area contributed by atoms with E-state index in [2.05, 4.69) is 25.3 Å². The molecule has 0 fully saturated rings. The summed E-state index contributed by atoms with van der Waals surface area (Å²) in [4.78, 5) is 64.5. The van der Waals surface area contributed by atoms with Crippen molar-refractivity contribution < 1.29 is 93.1 Å². The molecule has 0 rings (SSSR count). The van der Waals surface area contributed by atoms with Gasteiger partial charge in [-0.15, -0.1) is 0 Å². The molecule has 0 radical (unpaired) electrons. The number of rotatable bonds is 20. The molecule has 0 saturated carbocycles. The number of isocyanates is 4. The molecule has 0 unspecified atom stereocenters. The molecule has 0 heterocycles. The molecule has 0 bridgehead atoms. The molecule has 0 saturated heterocycles. The second kappa shape index (κ2) is 33.4. The Morgan fingerprint density at radius 2 is 1.13 bits per heavy atom. The topological polar surface area (TPSA) is 213 Å². The van der Waals surface area contributed by atoms with Gasteiger partial charge in [-0.05, 0) is 44.9 Å². The molecule has 0 spiro atoms. The molecule has 1 N–H and O–H groups in total. The van der Waals surface area contributed by atoms with E-state index in [1.54, 1.807) is 0 Å². The summed E-state index contributed by atoms with van der Waals surface area (Å²) in [5.41, 5.74) is 0. The van der Waals surface area contributed by atoms with Crippen LogP contribution >= 0.6 is 0 Å². The molecule has 0 aliphatic heterocycles. The van der Waals surface area contributed by atoms with E-state index < -0.39 is 22.0 Å². The van der Waals surface area contributed by atoms with Crippen LogP contribution in [0.3, 0.4) is 0 Å². The summed E-state index contributed by atoms with van der Waals surface area (Å²) >= 11 is 0. The summed E-state index contributed by atoms with van der Waals surface area (Å²) in [5, 5.41) is 2.60. The molecule has 0 aromatic carbocycles. The number of alkyl carbamates (subject to hydrolysis) is 1. The largest absolute Gasteiger partial charge is 1.00 e. The number of ether oxygens (including phenoxy) is 1. The van der Waals surface area contributed by atoms with Gasteiger partial charge in [0.25, 0.3) is 0 Å². The molecule has 0 aromatic rings. The number of hydrogen-bond acceptors (Lipinski definition) is 13. The Morgan fingerprint density at radius 3 is 1.50 bits per heavy atom. The molecule has 0 aliphatic carbocycles. The quantitative estimate of drug-likeness (QED) is 0.0615. The average molecular weight is 586 g/mol. The monoisotopic (exact) mass is 585 g/mol. The van der Waals surface area contributed by atoms with Gasteiger partial charge >= 0.3 is 57.5 Å². The van der Waals surface area contributed by atoms with Gasteiger partial charge in [-0.2, -0.15) is 0 Å². The zero-order valence-corrected chi connectivity index (χ0v) is 25.0. The van der Waals surface area contributed by atoms with Crippen LogP contribution in [0.15, 0.2) is 20.0 Å². The summed E-state index contributed by atoms with van der Waals surface area (Å²) in [6.45, 7) is 1.49. The first kappa shape index (κ1) is 43.4. The van der Waals surface area contributed by atoms with E-state index >= 15 is 0 Å². The molecule has 0 aliphatic rings. The first-order valence-electron chi connectivity index (χ1n) is 11.3.